The number of quaternary nitrogens is 1. The van der Waals surface area contributed by atoms with Crippen molar-refractivity contribution in [1.82, 2.24) is 24.7 Å². The summed E-state index contributed by atoms with van der Waals surface area (Å²) in [6.07, 6.45) is 3.50. The third kappa shape index (κ3) is 4.16. The molecule has 0 spiro atoms. The van der Waals surface area contributed by atoms with Crippen molar-refractivity contribution < 1.29 is 19.6 Å². The second-order valence-corrected chi connectivity index (χ2v) is 9.35. The van der Waals surface area contributed by atoms with Crippen LogP contribution in [0.15, 0.2) is 48.8 Å². The maximum absolute atomic E-state index is 13.1. The third-order valence-electron chi connectivity index (χ3n) is 7.07. The molecule has 0 unspecified atom stereocenters. The minimum absolute atomic E-state index is 0.252. The summed E-state index contributed by atoms with van der Waals surface area (Å²) in [6.45, 7) is 2.10. The van der Waals surface area contributed by atoms with Gasteiger partial charge in [0.15, 0.2) is 5.65 Å². The first kappa shape index (κ1) is 23.7. The molecule has 11 nitrogen and oxygen atoms in total. The van der Waals surface area contributed by atoms with Crippen LogP contribution < -0.4 is 25.8 Å². The molecule has 2 aromatic carbocycles. The molecule has 1 aliphatic rings. The van der Waals surface area contributed by atoms with Crippen molar-refractivity contribution in [1.29, 1.82) is 0 Å². The summed E-state index contributed by atoms with van der Waals surface area (Å²) in [5.74, 6) is 1.31. The van der Waals surface area contributed by atoms with Crippen LogP contribution in [0.5, 0.6) is 11.5 Å². The van der Waals surface area contributed by atoms with Crippen LogP contribution in [0.4, 0.5) is 11.5 Å². The molecule has 1 fully saturated rings. The van der Waals surface area contributed by atoms with Crippen LogP contribution in [0.3, 0.4) is 0 Å². The molecule has 0 aliphatic carbocycles. The molecular weight excluding hydrogens is 484 g/mol. The molecule has 194 valence electrons. The number of nitrogens with two attached hydrogens (primary N) is 2. The molecule has 4 heterocycles. The van der Waals surface area contributed by atoms with Crippen molar-refractivity contribution in [3.63, 3.8) is 0 Å². The summed E-state index contributed by atoms with van der Waals surface area (Å²) in [7, 11) is 3.17. The Morgan fingerprint density at radius 3 is 2.74 bits per heavy atom. The number of aromatic amines is 1. The number of rotatable bonds is 6. The lowest BCUT2D eigenvalue weighted by Crippen LogP contribution is -2.86. The normalized spacial score (nSPS) is 14.2. The summed E-state index contributed by atoms with van der Waals surface area (Å²) in [4.78, 5) is 25.0. The number of carbonyl (C=O) groups excluding carboxylic acids is 1. The van der Waals surface area contributed by atoms with E-state index in [1.807, 2.05) is 35.0 Å². The molecule has 1 amide bonds. The molecule has 0 atom stereocenters. The topological polar surface area (TPSA) is 150 Å². The van der Waals surface area contributed by atoms with Crippen molar-refractivity contribution in [3.05, 3.63) is 54.5 Å². The van der Waals surface area contributed by atoms with Crippen molar-refractivity contribution in [2.24, 2.45) is 0 Å². The average molecular weight is 514 g/mol. The fourth-order valence-corrected chi connectivity index (χ4v) is 5.09. The Labute approximate surface area is 218 Å². The van der Waals surface area contributed by atoms with Gasteiger partial charge in [-0.1, -0.05) is 6.07 Å². The Balaban J connectivity index is 1.34. The number of aromatic nitrogens is 5. The van der Waals surface area contributed by atoms with Crippen molar-refractivity contribution >= 4 is 39.3 Å². The Hall–Kier alpha value is -4.64. The zero-order valence-corrected chi connectivity index (χ0v) is 21.2. The molecule has 6 N–H and O–H groups in total. The largest absolute Gasteiger partial charge is 0.497 e. The van der Waals surface area contributed by atoms with Gasteiger partial charge in [0.2, 0.25) is 0 Å². The number of ether oxygens (including phenoxy) is 2. The first-order chi connectivity index (χ1) is 18.6. The van der Waals surface area contributed by atoms with Crippen LogP contribution in [-0.4, -0.2) is 57.9 Å². The van der Waals surface area contributed by atoms with Gasteiger partial charge in [0.05, 0.1) is 44.4 Å². The molecule has 0 saturated carbocycles. The van der Waals surface area contributed by atoms with Crippen LogP contribution in [0.1, 0.15) is 29.4 Å². The molecular formula is C27H29N8O3+. The van der Waals surface area contributed by atoms with Gasteiger partial charge in [0.1, 0.15) is 35.0 Å². The SMILES string of the molecule is COc1ccc2cc(C(=O)Nc3ccc(-c4nn(C5CC[NH2+]CC5)c5ncnc(N)c45)cc3OC)[nH]c2c1. The number of H-pyrrole nitrogens is 1. The van der Waals surface area contributed by atoms with E-state index in [0.29, 0.717) is 34.4 Å². The van der Waals surface area contributed by atoms with E-state index >= 15 is 0 Å². The lowest BCUT2D eigenvalue weighted by atomic mass is 10.1. The monoisotopic (exact) mass is 513 g/mol. The summed E-state index contributed by atoms with van der Waals surface area (Å²) < 4.78 is 12.9. The summed E-state index contributed by atoms with van der Waals surface area (Å²) in [6, 6.07) is 13.2. The summed E-state index contributed by atoms with van der Waals surface area (Å²) in [5, 5.41) is 11.9. The highest BCUT2D eigenvalue weighted by atomic mass is 16.5. The number of methoxy groups -OCH3 is 2. The number of hydrogen-bond donors (Lipinski definition) is 4. The van der Waals surface area contributed by atoms with Crippen molar-refractivity contribution in [2.45, 2.75) is 18.9 Å². The van der Waals surface area contributed by atoms with Gasteiger partial charge in [-0.15, -0.1) is 0 Å². The Morgan fingerprint density at radius 2 is 1.95 bits per heavy atom. The number of benzene rings is 2. The Bertz CT molecular complexity index is 1650. The number of amides is 1. The second-order valence-electron chi connectivity index (χ2n) is 9.35. The number of fused-ring (bicyclic) bond motifs is 2. The zero-order valence-electron chi connectivity index (χ0n) is 21.2. The molecule has 11 heteroatoms. The van der Waals surface area contributed by atoms with Crippen LogP contribution in [0.2, 0.25) is 0 Å². The predicted molar refractivity (Wildman–Crippen MR) is 144 cm³/mol. The van der Waals surface area contributed by atoms with Gasteiger partial charge >= 0.3 is 0 Å². The zero-order chi connectivity index (χ0) is 26.2. The van der Waals surface area contributed by atoms with E-state index in [0.717, 1.165) is 53.4 Å². The molecule has 1 aliphatic heterocycles. The van der Waals surface area contributed by atoms with Gasteiger partial charge in [0, 0.05) is 35.4 Å². The fraction of sp³-hybridized carbons (Fsp3) is 0.259. The van der Waals surface area contributed by atoms with Crippen LogP contribution in [0, 0.1) is 0 Å². The van der Waals surface area contributed by atoms with Crippen LogP contribution >= 0.6 is 0 Å². The number of nitrogens with zero attached hydrogens (tertiary/aromatic N) is 4. The van der Waals surface area contributed by atoms with Gasteiger partial charge in [-0.05, 0) is 30.3 Å². The van der Waals surface area contributed by atoms with Gasteiger partial charge in [0.25, 0.3) is 5.91 Å². The number of carbonyl (C=O) groups is 1. The highest BCUT2D eigenvalue weighted by Gasteiger charge is 2.25. The van der Waals surface area contributed by atoms with Crippen LogP contribution in [0.25, 0.3) is 33.2 Å². The summed E-state index contributed by atoms with van der Waals surface area (Å²) in [5.41, 5.74) is 10.3. The first-order valence-corrected chi connectivity index (χ1v) is 12.5. The quantitative estimate of drug-likeness (QED) is 0.273. The van der Waals surface area contributed by atoms with Crippen LogP contribution in [-0.2, 0) is 0 Å². The number of nitrogen functional groups attached to an aromatic ring is 1. The van der Waals surface area contributed by atoms with E-state index in [2.05, 4.69) is 25.6 Å². The minimum atomic E-state index is -0.285. The van der Waals surface area contributed by atoms with Gasteiger partial charge in [-0.25, -0.2) is 14.6 Å². The standard InChI is InChI=1S/C27H28N8O3/c1-37-18-5-3-15-11-21(32-20(15)13-18)27(36)33-19-6-4-16(12-22(19)38-2)24-23-25(28)30-14-31-26(23)35(34-24)17-7-9-29-10-8-17/h3-6,11-14,17,29,32H,7-10H2,1-2H3,(H,33,36)(H2,28,30,31)/p+1. The van der Waals surface area contributed by atoms with E-state index in [-0.39, 0.29) is 11.9 Å². The lowest BCUT2D eigenvalue weighted by molar-refractivity contribution is -0.664. The highest BCUT2D eigenvalue weighted by Crippen LogP contribution is 2.37. The Morgan fingerprint density at radius 1 is 1.11 bits per heavy atom. The van der Waals surface area contributed by atoms with Gasteiger partial charge in [-0.3, -0.25) is 4.79 Å². The van der Waals surface area contributed by atoms with E-state index in [1.54, 1.807) is 26.4 Å². The van der Waals surface area contributed by atoms with Crippen molar-refractivity contribution in [2.75, 3.05) is 38.4 Å². The number of nitrogens with one attached hydrogen (secondary N) is 2. The van der Waals surface area contributed by atoms with E-state index < -0.39 is 0 Å². The van der Waals surface area contributed by atoms with Crippen molar-refractivity contribution in [3.8, 4) is 22.8 Å². The number of anilines is 2. The Kier molecular flexibility index (Phi) is 6.04. The highest BCUT2D eigenvalue weighted by molar-refractivity contribution is 6.07. The number of hydrogen-bond acceptors (Lipinski definition) is 7. The third-order valence-corrected chi connectivity index (χ3v) is 7.07. The van der Waals surface area contributed by atoms with Gasteiger partial charge in [-0.2, -0.15) is 5.10 Å². The first-order valence-electron chi connectivity index (χ1n) is 12.5. The predicted octanol–water partition coefficient (Wildman–Crippen LogP) is 2.72. The maximum atomic E-state index is 13.1. The molecule has 5 aromatic rings. The molecule has 3 aromatic heterocycles. The molecule has 0 bridgehead atoms. The molecule has 38 heavy (non-hydrogen) atoms. The maximum Gasteiger partial charge on any atom is 0.272 e. The van der Waals surface area contributed by atoms with Gasteiger partial charge < -0.3 is 30.8 Å². The van der Waals surface area contributed by atoms with E-state index in [9.17, 15) is 4.79 Å². The number of piperidine rings is 1. The average Bonchev–Trinajstić information content (AvgIpc) is 3.56. The summed E-state index contributed by atoms with van der Waals surface area (Å²) >= 11 is 0. The smallest absolute Gasteiger partial charge is 0.272 e. The fourth-order valence-electron chi connectivity index (χ4n) is 5.09. The second kappa shape index (κ2) is 9.67. The minimum Gasteiger partial charge on any atom is -0.497 e. The molecule has 6 rings (SSSR count). The molecule has 1 saturated heterocycles. The van der Waals surface area contributed by atoms with E-state index in [1.165, 1.54) is 6.33 Å². The van der Waals surface area contributed by atoms with E-state index in [4.69, 9.17) is 20.3 Å². The lowest BCUT2D eigenvalue weighted by Gasteiger charge is -2.21. The molecule has 0 radical (unpaired) electrons.